The highest BCUT2D eigenvalue weighted by molar-refractivity contribution is 6.06. The van der Waals surface area contributed by atoms with Crippen molar-refractivity contribution in [3.05, 3.63) is 47.0 Å². The number of fused-ring (bicyclic) bond motifs is 1. The smallest absolute Gasteiger partial charge is 0.202 e. The fraction of sp³-hybridized carbons (Fsp3) is 0.235. The van der Waals surface area contributed by atoms with Crippen LogP contribution in [-0.2, 0) is 0 Å². The molecule has 2 atom stereocenters. The van der Waals surface area contributed by atoms with E-state index in [0.717, 1.165) is 0 Å². The zero-order chi connectivity index (χ0) is 16.7. The van der Waals surface area contributed by atoms with Crippen LogP contribution in [0.25, 0.3) is 0 Å². The average Bonchev–Trinajstić information content (AvgIpc) is 2.56. The molecule has 0 fully saturated rings. The van der Waals surface area contributed by atoms with E-state index in [2.05, 4.69) is 0 Å². The second-order valence-corrected chi connectivity index (χ2v) is 5.36. The molecule has 23 heavy (non-hydrogen) atoms. The Hall–Kier alpha value is -2.73. The SMILES string of the molecule is COc1ccc([C@H]2Oc3cc(O)c(C)c(O)c3C(=O)[C@@H]2O)cc1. The molecular formula is C17H16O6. The number of aromatic hydroxyl groups is 2. The molecular weight excluding hydrogens is 300 g/mol. The van der Waals surface area contributed by atoms with Gasteiger partial charge in [0, 0.05) is 11.6 Å². The number of carbonyl (C=O) groups excluding carboxylic acids is 1. The van der Waals surface area contributed by atoms with E-state index < -0.39 is 18.0 Å². The highest BCUT2D eigenvalue weighted by Crippen LogP contribution is 2.44. The molecule has 0 amide bonds. The van der Waals surface area contributed by atoms with Gasteiger partial charge in [-0.25, -0.2) is 0 Å². The van der Waals surface area contributed by atoms with E-state index in [0.29, 0.717) is 11.3 Å². The van der Waals surface area contributed by atoms with Crippen LogP contribution in [0.4, 0.5) is 0 Å². The summed E-state index contributed by atoms with van der Waals surface area (Å²) in [4.78, 5) is 12.4. The fourth-order valence-corrected chi connectivity index (χ4v) is 2.59. The van der Waals surface area contributed by atoms with E-state index in [1.54, 1.807) is 24.3 Å². The van der Waals surface area contributed by atoms with Gasteiger partial charge < -0.3 is 24.8 Å². The van der Waals surface area contributed by atoms with Crippen LogP contribution in [0.15, 0.2) is 30.3 Å². The van der Waals surface area contributed by atoms with Crippen LogP contribution in [0.1, 0.15) is 27.6 Å². The molecule has 120 valence electrons. The molecule has 0 saturated heterocycles. The number of phenolic OH excluding ortho intramolecular Hbond substituents is 2. The zero-order valence-electron chi connectivity index (χ0n) is 12.6. The van der Waals surface area contributed by atoms with Crippen molar-refractivity contribution >= 4 is 5.78 Å². The van der Waals surface area contributed by atoms with Crippen LogP contribution >= 0.6 is 0 Å². The van der Waals surface area contributed by atoms with E-state index in [1.807, 2.05) is 0 Å². The first kappa shape index (κ1) is 15.2. The fourth-order valence-electron chi connectivity index (χ4n) is 2.59. The summed E-state index contributed by atoms with van der Waals surface area (Å²) in [5.41, 5.74) is 0.630. The number of methoxy groups -OCH3 is 1. The van der Waals surface area contributed by atoms with Gasteiger partial charge in [-0.1, -0.05) is 12.1 Å². The third-order valence-corrected chi connectivity index (χ3v) is 3.99. The third-order valence-electron chi connectivity index (χ3n) is 3.99. The molecule has 0 spiro atoms. The number of hydrogen-bond acceptors (Lipinski definition) is 6. The van der Waals surface area contributed by atoms with E-state index >= 15 is 0 Å². The van der Waals surface area contributed by atoms with Crippen LogP contribution in [0.3, 0.4) is 0 Å². The van der Waals surface area contributed by atoms with Crippen LogP contribution in [0, 0.1) is 6.92 Å². The van der Waals surface area contributed by atoms with Crippen molar-refractivity contribution in [3.8, 4) is 23.0 Å². The Bertz CT molecular complexity index is 766. The van der Waals surface area contributed by atoms with Crippen molar-refractivity contribution in [1.29, 1.82) is 0 Å². The quantitative estimate of drug-likeness (QED) is 0.785. The Kier molecular flexibility index (Phi) is 3.61. The maximum Gasteiger partial charge on any atom is 0.202 e. The minimum absolute atomic E-state index is 0.0433. The predicted molar refractivity (Wildman–Crippen MR) is 81.2 cm³/mol. The Morgan fingerprint density at radius 3 is 2.43 bits per heavy atom. The lowest BCUT2D eigenvalue weighted by molar-refractivity contribution is 0.0210. The topological polar surface area (TPSA) is 96.2 Å². The molecule has 3 N–H and O–H groups in total. The van der Waals surface area contributed by atoms with Gasteiger partial charge >= 0.3 is 0 Å². The summed E-state index contributed by atoms with van der Waals surface area (Å²) >= 11 is 0. The number of Topliss-reactive ketones (excluding diaryl/α,β-unsaturated/α-hetero) is 1. The Balaban J connectivity index is 2.05. The van der Waals surface area contributed by atoms with Crippen LogP contribution in [0.5, 0.6) is 23.0 Å². The first-order valence-electron chi connectivity index (χ1n) is 7.02. The van der Waals surface area contributed by atoms with Gasteiger partial charge in [-0.15, -0.1) is 0 Å². The highest BCUT2D eigenvalue weighted by atomic mass is 16.5. The molecule has 0 unspecified atom stereocenters. The maximum absolute atomic E-state index is 12.4. The van der Waals surface area contributed by atoms with Crippen molar-refractivity contribution in [2.45, 2.75) is 19.1 Å². The van der Waals surface area contributed by atoms with Crippen LogP contribution in [0.2, 0.25) is 0 Å². The lowest BCUT2D eigenvalue weighted by atomic mass is 9.91. The van der Waals surface area contributed by atoms with E-state index in [-0.39, 0.29) is 28.4 Å². The first-order chi connectivity index (χ1) is 10.9. The third kappa shape index (κ3) is 2.37. The van der Waals surface area contributed by atoms with Gasteiger partial charge in [-0.2, -0.15) is 0 Å². The molecule has 2 aromatic rings. The lowest BCUT2D eigenvalue weighted by Gasteiger charge is -2.30. The van der Waals surface area contributed by atoms with Gasteiger partial charge in [0.25, 0.3) is 0 Å². The zero-order valence-corrected chi connectivity index (χ0v) is 12.6. The highest BCUT2D eigenvalue weighted by Gasteiger charge is 2.39. The van der Waals surface area contributed by atoms with Crippen molar-refractivity contribution in [2.24, 2.45) is 0 Å². The normalized spacial score (nSPS) is 19.9. The van der Waals surface area contributed by atoms with Crippen LogP contribution in [-0.4, -0.2) is 34.3 Å². The molecule has 1 aliphatic rings. The number of aliphatic hydroxyl groups excluding tert-OH is 1. The van der Waals surface area contributed by atoms with E-state index in [9.17, 15) is 20.1 Å². The van der Waals surface area contributed by atoms with E-state index in [1.165, 1.54) is 20.1 Å². The minimum Gasteiger partial charge on any atom is -0.507 e. The number of rotatable bonds is 2. The molecule has 1 heterocycles. The summed E-state index contributed by atoms with van der Waals surface area (Å²) in [5, 5.41) is 30.1. The molecule has 6 nitrogen and oxygen atoms in total. The van der Waals surface area contributed by atoms with Crippen molar-refractivity contribution in [2.75, 3.05) is 7.11 Å². The maximum atomic E-state index is 12.4. The number of aliphatic hydroxyl groups is 1. The second kappa shape index (κ2) is 5.48. The molecule has 3 rings (SSSR count). The van der Waals surface area contributed by atoms with Gasteiger partial charge in [0.05, 0.1) is 7.11 Å². The molecule has 0 aromatic heterocycles. The molecule has 2 aromatic carbocycles. The molecule has 0 saturated carbocycles. The summed E-state index contributed by atoms with van der Waals surface area (Å²) in [6, 6.07) is 8.01. The summed E-state index contributed by atoms with van der Waals surface area (Å²) in [7, 11) is 1.54. The van der Waals surface area contributed by atoms with Gasteiger partial charge in [-0.05, 0) is 24.6 Å². The minimum atomic E-state index is -1.45. The number of hydrogen-bond donors (Lipinski definition) is 3. The number of phenols is 2. The summed E-state index contributed by atoms with van der Waals surface area (Å²) in [5.74, 6) is -0.526. The van der Waals surface area contributed by atoms with Crippen molar-refractivity contribution in [3.63, 3.8) is 0 Å². The Labute approximate surface area is 132 Å². The summed E-state index contributed by atoms with van der Waals surface area (Å²) in [6.45, 7) is 1.47. The lowest BCUT2D eigenvalue weighted by Crippen LogP contribution is -2.36. The van der Waals surface area contributed by atoms with Gasteiger partial charge in [0.2, 0.25) is 5.78 Å². The summed E-state index contributed by atoms with van der Waals surface area (Å²) < 4.78 is 10.7. The molecule has 0 radical (unpaired) electrons. The van der Waals surface area contributed by atoms with Gasteiger partial charge in [0.15, 0.2) is 12.2 Å². The monoisotopic (exact) mass is 316 g/mol. The Morgan fingerprint density at radius 2 is 1.83 bits per heavy atom. The molecule has 0 bridgehead atoms. The average molecular weight is 316 g/mol. The molecule has 0 aliphatic carbocycles. The van der Waals surface area contributed by atoms with Gasteiger partial charge in [-0.3, -0.25) is 4.79 Å². The standard InChI is InChI=1S/C17H16O6/c1-8-11(18)7-12-13(14(8)19)15(20)16(21)17(23-12)9-3-5-10(22-2)6-4-9/h3-7,16-19,21H,1-2H3/t16-,17+/m0/s1. The predicted octanol–water partition coefficient (Wildman–Crippen LogP) is 2.09. The van der Waals surface area contributed by atoms with Gasteiger partial charge in [0.1, 0.15) is 28.6 Å². The van der Waals surface area contributed by atoms with Crippen molar-refractivity contribution < 1.29 is 29.6 Å². The number of ether oxygens (including phenoxy) is 2. The summed E-state index contributed by atoms with van der Waals surface area (Å²) in [6.07, 6.45) is -2.38. The second-order valence-electron chi connectivity index (χ2n) is 5.36. The number of benzene rings is 2. The largest absolute Gasteiger partial charge is 0.507 e. The first-order valence-corrected chi connectivity index (χ1v) is 7.02. The molecule has 6 heteroatoms. The van der Waals surface area contributed by atoms with Crippen LogP contribution < -0.4 is 9.47 Å². The molecule has 1 aliphatic heterocycles. The Morgan fingerprint density at radius 1 is 1.17 bits per heavy atom. The van der Waals surface area contributed by atoms with E-state index in [4.69, 9.17) is 9.47 Å². The number of carbonyl (C=O) groups is 1. The number of ketones is 1. The van der Waals surface area contributed by atoms with Crippen molar-refractivity contribution in [1.82, 2.24) is 0 Å².